The number of carbonyl (C=O) groups is 1. The van der Waals surface area contributed by atoms with E-state index in [0.717, 1.165) is 16.2 Å². The summed E-state index contributed by atoms with van der Waals surface area (Å²) in [6.07, 6.45) is 2.14. The van der Waals surface area contributed by atoms with Crippen LogP contribution in [-0.2, 0) is 11.2 Å². The van der Waals surface area contributed by atoms with Crippen LogP contribution in [0.5, 0.6) is 0 Å². The second-order valence-corrected chi connectivity index (χ2v) is 8.37. The Bertz CT molecular complexity index is 1290. The van der Waals surface area contributed by atoms with Crippen molar-refractivity contribution in [1.82, 2.24) is 5.01 Å². The molecule has 0 saturated carbocycles. The fraction of sp³-hybridized carbons (Fsp3) is 0.0435. The molecule has 0 unspecified atom stereocenters. The number of furan rings is 1. The van der Waals surface area contributed by atoms with Crippen LogP contribution in [0.25, 0.3) is 17.4 Å². The first kappa shape index (κ1) is 19.5. The SMILES string of the molecule is N=C1/C(=C\c2ccc(-c3cccc(Cl)c3)o2)C(=O)N=C2SC(Cc3ccccc3)=NN12. The van der Waals surface area contributed by atoms with Gasteiger partial charge in [-0.1, -0.05) is 54.1 Å². The molecule has 0 fully saturated rings. The number of rotatable bonds is 4. The molecule has 2 aliphatic heterocycles. The van der Waals surface area contributed by atoms with Gasteiger partial charge in [-0.2, -0.15) is 15.1 Å². The van der Waals surface area contributed by atoms with Crippen molar-refractivity contribution in [2.24, 2.45) is 10.1 Å². The second kappa shape index (κ2) is 8.02. The van der Waals surface area contributed by atoms with Crippen molar-refractivity contribution < 1.29 is 9.21 Å². The molecule has 8 heteroatoms. The monoisotopic (exact) mass is 446 g/mol. The standard InChI is InChI=1S/C23H15ClN4O2S/c24-16-8-4-7-15(12-16)19-10-9-17(30-19)13-18-21(25)28-23(26-22(18)29)31-20(27-28)11-14-5-2-1-3-6-14/h1-10,12-13,25H,11H2/b18-13+,25-21?. The average Bonchev–Trinajstić information content (AvgIpc) is 3.39. The number of thioether (sulfide) groups is 1. The van der Waals surface area contributed by atoms with E-state index >= 15 is 0 Å². The molecule has 152 valence electrons. The molecule has 5 rings (SSSR count). The lowest BCUT2D eigenvalue weighted by Crippen LogP contribution is -2.35. The highest BCUT2D eigenvalue weighted by Crippen LogP contribution is 2.31. The molecule has 1 amide bonds. The summed E-state index contributed by atoms with van der Waals surface area (Å²) in [6.45, 7) is 0. The molecule has 31 heavy (non-hydrogen) atoms. The summed E-state index contributed by atoms with van der Waals surface area (Å²) in [7, 11) is 0. The van der Waals surface area contributed by atoms with E-state index in [4.69, 9.17) is 21.4 Å². The van der Waals surface area contributed by atoms with Gasteiger partial charge in [0.15, 0.2) is 5.84 Å². The number of nitrogens with one attached hydrogen (secondary N) is 1. The van der Waals surface area contributed by atoms with Crippen LogP contribution in [0.2, 0.25) is 5.02 Å². The summed E-state index contributed by atoms with van der Waals surface area (Å²) >= 11 is 7.36. The largest absolute Gasteiger partial charge is 0.457 e. The summed E-state index contributed by atoms with van der Waals surface area (Å²) < 4.78 is 5.84. The Balaban J connectivity index is 1.40. The van der Waals surface area contributed by atoms with Crippen molar-refractivity contribution in [3.05, 3.63) is 88.6 Å². The van der Waals surface area contributed by atoms with Crippen molar-refractivity contribution in [2.75, 3.05) is 0 Å². The van der Waals surface area contributed by atoms with Crippen molar-refractivity contribution in [2.45, 2.75) is 6.42 Å². The van der Waals surface area contributed by atoms with Crippen molar-refractivity contribution in [3.8, 4) is 11.3 Å². The maximum atomic E-state index is 12.6. The number of fused-ring (bicyclic) bond motifs is 1. The number of nitrogens with zero attached hydrogens (tertiary/aromatic N) is 3. The van der Waals surface area contributed by atoms with Crippen LogP contribution in [-0.4, -0.2) is 27.0 Å². The van der Waals surface area contributed by atoms with Gasteiger partial charge < -0.3 is 4.42 Å². The van der Waals surface area contributed by atoms with Gasteiger partial charge in [0.05, 0.1) is 5.57 Å². The third-order valence-corrected chi connectivity index (χ3v) is 5.86. The molecule has 1 aromatic heterocycles. The lowest BCUT2D eigenvalue weighted by atomic mass is 10.1. The number of hydrogen-bond acceptors (Lipinski definition) is 5. The number of halogens is 1. The fourth-order valence-electron chi connectivity index (χ4n) is 3.24. The first-order valence-electron chi connectivity index (χ1n) is 9.45. The van der Waals surface area contributed by atoms with Crippen LogP contribution >= 0.6 is 23.4 Å². The third kappa shape index (κ3) is 3.97. The van der Waals surface area contributed by atoms with Crippen molar-refractivity contribution in [3.63, 3.8) is 0 Å². The number of carbonyl (C=O) groups excluding carboxylic acids is 1. The van der Waals surface area contributed by atoms with Gasteiger partial charge in [-0.15, -0.1) is 0 Å². The maximum Gasteiger partial charge on any atom is 0.283 e. The van der Waals surface area contributed by atoms with E-state index in [1.807, 2.05) is 42.5 Å². The van der Waals surface area contributed by atoms with Crippen LogP contribution in [0.3, 0.4) is 0 Å². The zero-order valence-electron chi connectivity index (χ0n) is 16.1. The maximum absolute atomic E-state index is 12.6. The highest BCUT2D eigenvalue weighted by molar-refractivity contribution is 8.26. The molecule has 3 heterocycles. The molecule has 0 bridgehead atoms. The molecule has 0 atom stereocenters. The van der Waals surface area contributed by atoms with Gasteiger partial charge in [-0.3, -0.25) is 10.2 Å². The molecular weight excluding hydrogens is 432 g/mol. The first-order chi connectivity index (χ1) is 15.1. The van der Waals surface area contributed by atoms with Crippen molar-refractivity contribution in [1.29, 1.82) is 5.41 Å². The smallest absolute Gasteiger partial charge is 0.283 e. The zero-order valence-corrected chi connectivity index (χ0v) is 17.7. The van der Waals surface area contributed by atoms with Crippen LogP contribution in [0.15, 0.2) is 86.8 Å². The zero-order chi connectivity index (χ0) is 21.4. The Morgan fingerprint density at radius 3 is 2.74 bits per heavy atom. The fourth-order valence-corrected chi connectivity index (χ4v) is 4.35. The minimum atomic E-state index is -0.486. The highest BCUT2D eigenvalue weighted by Gasteiger charge is 2.35. The third-order valence-electron chi connectivity index (χ3n) is 4.72. The predicted molar refractivity (Wildman–Crippen MR) is 124 cm³/mol. The Morgan fingerprint density at radius 1 is 1.10 bits per heavy atom. The Morgan fingerprint density at radius 2 is 1.94 bits per heavy atom. The molecule has 6 nitrogen and oxygen atoms in total. The quantitative estimate of drug-likeness (QED) is 0.539. The molecular formula is C23H15ClN4O2S. The predicted octanol–water partition coefficient (Wildman–Crippen LogP) is 5.46. The Labute approximate surface area is 187 Å². The average molecular weight is 447 g/mol. The van der Waals surface area contributed by atoms with E-state index in [2.05, 4.69) is 10.1 Å². The number of amides is 1. The normalized spacial score (nSPS) is 17.1. The molecule has 0 spiro atoms. The highest BCUT2D eigenvalue weighted by atomic mass is 35.5. The van der Waals surface area contributed by atoms with Gasteiger partial charge in [0.25, 0.3) is 5.91 Å². The number of hydrazone groups is 1. The van der Waals surface area contributed by atoms with E-state index in [1.165, 1.54) is 22.8 Å². The molecule has 0 radical (unpaired) electrons. The lowest BCUT2D eigenvalue weighted by molar-refractivity contribution is -0.114. The Kier molecular flexibility index (Phi) is 5.05. The number of hydrogen-bond donors (Lipinski definition) is 1. The topological polar surface area (TPSA) is 82.0 Å². The minimum Gasteiger partial charge on any atom is -0.457 e. The Hall–Kier alpha value is -3.42. The van der Waals surface area contributed by atoms with Gasteiger partial charge in [0.2, 0.25) is 5.17 Å². The van der Waals surface area contributed by atoms with Crippen LogP contribution in [0.4, 0.5) is 0 Å². The molecule has 0 aliphatic carbocycles. The molecule has 2 aliphatic rings. The summed E-state index contributed by atoms with van der Waals surface area (Å²) in [6, 6.07) is 20.8. The van der Waals surface area contributed by atoms with Gasteiger partial charge in [0.1, 0.15) is 16.6 Å². The van der Waals surface area contributed by atoms with E-state index in [0.29, 0.717) is 28.1 Å². The molecule has 0 saturated heterocycles. The molecule has 2 aromatic carbocycles. The number of aliphatic imine (C=N–C) groups is 1. The summed E-state index contributed by atoms with van der Waals surface area (Å²) in [4.78, 5) is 16.7. The molecule has 3 aromatic rings. The summed E-state index contributed by atoms with van der Waals surface area (Å²) in [5.41, 5.74) is 2.06. The van der Waals surface area contributed by atoms with E-state index in [9.17, 15) is 4.79 Å². The summed E-state index contributed by atoms with van der Waals surface area (Å²) in [5, 5.41) is 16.2. The van der Waals surface area contributed by atoms with Crippen LogP contribution in [0.1, 0.15) is 11.3 Å². The van der Waals surface area contributed by atoms with Crippen LogP contribution in [0, 0.1) is 5.41 Å². The van der Waals surface area contributed by atoms with Crippen molar-refractivity contribution >= 4 is 51.4 Å². The second-order valence-electron chi connectivity index (χ2n) is 6.89. The van der Waals surface area contributed by atoms with E-state index in [-0.39, 0.29) is 11.4 Å². The lowest BCUT2D eigenvalue weighted by Gasteiger charge is -2.19. The van der Waals surface area contributed by atoms with Gasteiger partial charge in [0, 0.05) is 17.0 Å². The summed E-state index contributed by atoms with van der Waals surface area (Å²) in [5.74, 6) is 0.558. The minimum absolute atomic E-state index is 0.0220. The van der Waals surface area contributed by atoms with E-state index in [1.54, 1.807) is 24.3 Å². The molecule has 1 N–H and O–H groups in total. The number of amidine groups is 2. The number of benzene rings is 2. The first-order valence-corrected chi connectivity index (χ1v) is 10.6. The van der Waals surface area contributed by atoms with E-state index < -0.39 is 5.91 Å². The van der Waals surface area contributed by atoms with Gasteiger partial charge in [-0.05, 0) is 47.7 Å². The van der Waals surface area contributed by atoms with Gasteiger partial charge in [-0.25, -0.2) is 0 Å². The van der Waals surface area contributed by atoms with Crippen LogP contribution < -0.4 is 0 Å². The van der Waals surface area contributed by atoms with Gasteiger partial charge >= 0.3 is 0 Å².